The Kier molecular flexibility index (Phi) is 3.89. The number of hydrogen-bond acceptors (Lipinski definition) is 2. The van der Waals surface area contributed by atoms with Crippen LogP contribution < -0.4 is 0 Å². The van der Waals surface area contributed by atoms with Crippen LogP contribution in [0.2, 0.25) is 0 Å². The standard InChI is InChI=1S/C17H23NO2/c1-11(2)16-13(10-15(19)20-17(3,4)5)12-8-6-7-9-14(12)18-16/h6-9,11,18H,10H2,1-5H3. The molecule has 0 aliphatic heterocycles. The van der Waals surface area contributed by atoms with Crippen molar-refractivity contribution in [1.82, 2.24) is 4.98 Å². The van der Waals surface area contributed by atoms with Crippen molar-refractivity contribution in [2.45, 2.75) is 52.6 Å². The Bertz CT molecular complexity index is 617. The maximum absolute atomic E-state index is 12.1. The van der Waals surface area contributed by atoms with Crippen molar-refractivity contribution in [2.75, 3.05) is 0 Å². The Morgan fingerprint density at radius 2 is 1.90 bits per heavy atom. The lowest BCUT2D eigenvalue weighted by Crippen LogP contribution is -2.25. The van der Waals surface area contributed by atoms with Gasteiger partial charge in [-0.1, -0.05) is 32.0 Å². The summed E-state index contributed by atoms with van der Waals surface area (Å²) in [5, 5.41) is 1.11. The number of esters is 1. The molecule has 2 rings (SSSR count). The van der Waals surface area contributed by atoms with Crippen LogP contribution >= 0.6 is 0 Å². The molecular weight excluding hydrogens is 250 g/mol. The summed E-state index contributed by atoms with van der Waals surface area (Å²) in [4.78, 5) is 15.5. The van der Waals surface area contributed by atoms with E-state index in [1.165, 1.54) is 0 Å². The SMILES string of the molecule is CC(C)c1[nH]c2ccccc2c1CC(=O)OC(C)(C)C. The van der Waals surface area contributed by atoms with Crippen LogP contribution in [-0.4, -0.2) is 16.6 Å². The Morgan fingerprint density at radius 3 is 2.50 bits per heavy atom. The average Bonchev–Trinajstić information content (AvgIpc) is 2.66. The van der Waals surface area contributed by atoms with Crippen LogP contribution in [0.3, 0.4) is 0 Å². The van der Waals surface area contributed by atoms with Gasteiger partial charge in [-0.05, 0) is 38.3 Å². The molecule has 0 radical (unpaired) electrons. The van der Waals surface area contributed by atoms with Gasteiger partial charge in [-0.25, -0.2) is 0 Å². The highest BCUT2D eigenvalue weighted by atomic mass is 16.6. The highest BCUT2D eigenvalue weighted by Crippen LogP contribution is 2.28. The number of fused-ring (bicyclic) bond motifs is 1. The number of benzene rings is 1. The van der Waals surface area contributed by atoms with Gasteiger partial charge in [0, 0.05) is 16.6 Å². The number of H-pyrrole nitrogens is 1. The largest absolute Gasteiger partial charge is 0.460 e. The summed E-state index contributed by atoms with van der Waals surface area (Å²) in [5.74, 6) is 0.170. The number of aromatic nitrogens is 1. The molecule has 0 amide bonds. The fourth-order valence-electron chi connectivity index (χ4n) is 2.43. The van der Waals surface area contributed by atoms with E-state index in [4.69, 9.17) is 4.74 Å². The van der Waals surface area contributed by atoms with Crippen molar-refractivity contribution >= 4 is 16.9 Å². The topological polar surface area (TPSA) is 42.1 Å². The molecular formula is C17H23NO2. The summed E-state index contributed by atoms with van der Waals surface area (Å²) in [6.45, 7) is 9.93. The van der Waals surface area contributed by atoms with Gasteiger partial charge in [-0.2, -0.15) is 0 Å². The monoisotopic (exact) mass is 273 g/mol. The van der Waals surface area contributed by atoms with E-state index in [0.717, 1.165) is 22.2 Å². The van der Waals surface area contributed by atoms with E-state index in [1.54, 1.807) is 0 Å². The summed E-state index contributed by atoms with van der Waals surface area (Å²) < 4.78 is 5.44. The number of para-hydroxylation sites is 1. The zero-order valence-electron chi connectivity index (χ0n) is 12.9. The minimum atomic E-state index is -0.443. The number of nitrogens with one attached hydrogen (secondary N) is 1. The highest BCUT2D eigenvalue weighted by molar-refractivity contribution is 5.89. The first-order valence-electron chi connectivity index (χ1n) is 7.09. The van der Waals surface area contributed by atoms with E-state index >= 15 is 0 Å². The van der Waals surface area contributed by atoms with E-state index in [-0.39, 0.29) is 5.97 Å². The number of carbonyl (C=O) groups is 1. The smallest absolute Gasteiger partial charge is 0.310 e. The number of ether oxygens (including phenoxy) is 1. The molecule has 1 aromatic carbocycles. The summed E-state index contributed by atoms with van der Waals surface area (Å²) in [6, 6.07) is 8.09. The maximum atomic E-state index is 12.1. The van der Waals surface area contributed by atoms with E-state index in [1.807, 2.05) is 39.0 Å². The van der Waals surface area contributed by atoms with E-state index in [2.05, 4.69) is 24.9 Å². The lowest BCUT2D eigenvalue weighted by molar-refractivity contribution is -0.153. The zero-order valence-corrected chi connectivity index (χ0v) is 12.9. The number of aromatic amines is 1. The molecule has 0 bridgehead atoms. The summed E-state index contributed by atoms with van der Waals surface area (Å²) in [6.07, 6.45) is 0.314. The molecule has 20 heavy (non-hydrogen) atoms. The molecule has 108 valence electrons. The molecule has 1 aromatic heterocycles. The van der Waals surface area contributed by atoms with Crippen LogP contribution in [-0.2, 0) is 16.0 Å². The van der Waals surface area contributed by atoms with Gasteiger partial charge in [-0.15, -0.1) is 0 Å². The predicted molar refractivity (Wildman–Crippen MR) is 81.9 cm³/mol. The normalized spacial score (nSPS) is 12.1. The second-order valence-electron chi connectivity index (χ2n) is 6.48. The van der Waals surface area contributed by atoms with Gasteiger partial charge < -0.3 is 9.72 Å². The maximum Gasteiger partial charge on any atom is 0.310 e. The Labute approximate surface area is 120 Å². The van der Waals surface area contributed by atoms with Crippen molar-refractivity contribution in [3.05, 3.63) is 35.5 Å². The molecule has 0 saturated heterocycles. The average molecular weight is 273 g/mol. The molecule has 2 aromatic rings. The van der Waals surface area contributed by atoms with Crippen LogP contribution in [0.25, 0.3) is 10.9 Å². The van der Waals surface area contributed by atoms with E-state index in [9.17, 15) is 4.79 Å². The third-order valence-electron chi connectivity index (χ3n) is 3.17. The predicted octanol–water partition coefficient (Wildman–Crippen LogP) is 4.18. The second kappa shape index (κ2) is 5.31. The van der Waals surface area contributed by atoms with E-state index < -0.39 is 5.60 Å². The molecule has 3 nitrogen and oxygen atoms in total. The minimum Gasteiger partial charge on any atom is -0.460 e. The first-order valence-corrected chi connectivity index (χ1v) is 7.09. The molecule has 0 fully saturated rings. The second-order valence-corrected chi connectivity index (χ2v) is 6.48. The van der Waals surface area contributed by atoms with Crippen LogP contribution in [0.5, 0.6) is 0 Å². The molecule has 0 unspecified atom stereocenters. The van der Waals surface area contributed by atoms with Crippen LogP contribution in [0.4, 0.5) is 0 Å². The van der Waals surface area contributed by atoms with Crippen molar-refractivity contribution in [1.29, 1.82) is 0 Å². The van der Waals surface area contributed by atoms with Crippen molar-refractivity contribution in [3.8, 4) is 0 Å². The van der Waals surface area contributed by atoms with Crippen molar-refractivity contribution in [2.24, 2.45) is 0 Å². The lowest BCUT2D eigenvalue weighted by Gasteiger charge is -2.19. The molecule has 0 aliphatic carbocycles. The third-order valence-corrected chi connectivity index (χ3v) is 3.17. The van der Waals surface area contributed by atoms with Gasteiger partial charge in [0.15, 0.2) is 0 Å². The summed E-state index contributed by atoms with van der Waals surface area (Å²) in [5.41, 5.74) is 2.82. The Hall–Kier alpha value is -1.77. The molecule has 1 heterocycles. The third kappa shape index (κ3) is 3.21. The summed E-state index contributed by atoms with van der Waals surface area (Å²) in [7, 11) is 0. The molecule has 0 saturated carbocycles. The van der Waals surface area contributed by atoms with Crippen LogP contribution in [0.15, 0.2) is 24.3 Å². The van der Waals surface area contributed by atoms with Gasteiger partial charge in [0.25, 0.3) is 0 Å². The van der Waals surface area contributed by atoms with Crippen LogP contribution in [0, 0.1) is 0 Å². The zero-order chi connectivity index (χ0) is 14.9. The molecule has 0 spiro atoms. The van der Waals surface area contributed by atoms with Gasteiger partial charge in [0.05, 0.1) is 6.42 Å². The highest BCUT2D eigenvalue weighted by Gasteiger charge is 2.21. The minimum absolute atomic E-state index is 0.177. The first-order chi connectivity index (χ1) is 9.28. The molecule has 1 N–H and O–H groups in total. The lowest BCUT2D eigenvalue weighted by atomic mass is 10.0. The Balaban J connectivity index is 2.37. The number of rotatable bonds is 3. The molecule has 0 aliphatic rings. The van der Waals surface area contributed by atoms with E-state index in [0.29, 0.717) is 12.3 Å². The van der Waals surface area contributed by atoms with Gasteiger partial charge >= 0.3 is 5.97 Å². The molecule has 0 atom stereocenters. The Morgan fingerprint density at radius 1 is 1.25 bits per heavy atom. The van der Waals surface area contributed by atoms with Gasteiger partial charge in [0.1, 0.15) is 5.60 Å². The quantitative estimate of drug-likeness (QED) is 0.853. The fourth-order valence-corrected chi connectivity index (χ4v) is 2.43. The number of carbonyl (C=O) groups excluding carboxylic acids is 1. The van der Waals surface area contributed by atoms with Crippen LogP contribution in [0.1, 0.15) is 51.8 Å². The van der Waals surface area contributed by atoms with Crippen molar-refractivity contribution in [3.63, 3.8) is 0 Å². The number of hydrogen-bond donors (Lipinski definition) is 1. The first kappa shape index (κ1) is 14.6. The fraction of sp³-hybridized carbons (Fsp3) is 0.471. The molecule has 3 heteroatoms. The van der Waals surface area contributed by atoms with Crippen molar-refractivity contribution < 1.29 is 9.53 Å². The summed E-state index contributed by atoms with van der Waals surface area (Å²) >= 11 is 0. The van der Waals surface area contributed by atoms with Gasteiger partial charge in [-0.3, -0.25) is 4.79 Å². The van der Waals surface area contributed by atoms with Gasteiger partial charge in [0.2, 0.25) is 0 Å².